The number of anilines is 1. The first-order chi connectivity index (χ1) is 21.2. The van der Waals surface area contributed by atoms with Crippen molar-refractivity contribution in [3.63, 3.8) is 0 Å². The van der Waals surface area contributed by atoms with Gasteiger partial charge in [-0.1, -0.05) is 13.5 Å². The molecule has 1 aromatic rings. The van der Waals surface area contributed by atoms with Gasteiger partial charge in [0.15, 0.2) is 12.3 Å². The van der Waals surface area contributed by atoms with E-state index in [-0.39, 0.29) is 17.7 Å². The molecule has 2 saturated heterocycles. The van der Waals surface area contributed by atoms with E-state index in [0.29, 0.717) is 75.5 Å². The van der Waals surface area contributed by atoms with E-state index in [1.165, 1.54) is 23.1 Å². The van der Waals surface area contributed by atoms with Crippen molar-refractivity contribution in [3.8, 4) is 11.8 Å². The Bertz CT molecular complexity index is 1300. The fraction of sp³-hybridized carbons (Fsp3) is 0.562. The standard InChI is InChI=1S/C29H38FN6O4.C3H5N/c1-5-26(37)35-13-15-36(16-14-35)27-22(19(2)31-29(32-27)39-18-21-7-6-12-33(21)3)9-11-25-28(38)34(4)23-17-20(30)8-10-24(23)40-25;1-2-3-4/h5,8,10,17,21-22,25H,1,6-7,9,11-16,18H2,2-4H3;2H2,1H3/t21-,22?,25+;/m0./s1. The SMILES string of the molecule is C=CC(=O)N1CCN([C]2N=C(OC[C@@H]3CCCN3C)N=C(C)C2CC[C@H]2Oc3ccc(F)cc3N(C)C2=O)CC1.CCC#N. The zero-order chi connectivity index (χ0) is 31.8. The number of ether oxygens (including phenoxy) is 2. The fourth-order valence-corrected chi connectivity index (χ4v) is 5.85. The van der Waals surface area contributed by atoms with Gasteiger partial charge in [0.25, 0.3) is 5.91 Å². The molecule has 0 N–H and O–H groups in total. The number of piperazine rings is 1. The van der Waals surface area contributed by atoms with E-state index >= 15 is 0 Å². The Balaban J connectivity index is 0.00000104. The van der Waals surface area contributed by atoms with Crippen molar-refractivity contribution in [1.29, 1.82) is 5.26 Å². The highest BCUT2D eigenvalue weighted by Crippen LogP contribution is 2.37. The summed E-state index contributed by atoms with van der Waals surface area (Å²) in [4.78, 5) is 42.6. The molecule has 4 aliphatic rings. The van der Waals surface area contributed by atoms with Crippen LogP contribution in [0.2, 0.25) is 0 Å². The fourth-order valence-electron chi connectivity index (χ4n) is 5.85. The molecule has 0 aliphatic carbocycles. The number of benzene rings is 1. The molecule has 3 atom stereocenters. The van der Waals surface area contributed by atoms with E-state index in [9.17, 15) is 14.0 Å². The molecule has 0 spiro atoms. The first-order valence-corrected chi connectivity index (χ1v) is 15.3. The lowest BCUT2D eigenvalue weighted by Gasteiger charge is -2.41. The molecule has 0 saturated carbocycles. The highest BCUT2D eigenvalue weighted by molar-refractivity contribution is 6.00. The number of likely N-dealkylation sites (tertiary alicyclic amines) is 1. The number of halogens is 1. The lowest BCUT2D eigenvalue weighted by molar-refractivity contribution is -0.127. The van der Waals surface area contributed by atoms with Crippen LogP contribution >= 0.6 is 0 Å². The molecular weight excluding hydrogens is 565 g/mol. The molecule has 1 radical (unpaired) electrons. The maximum Gasteiger partial charge on any atom is 0.313 e. The molecule has 12 heteroatoms. The van der Waals surface area contributed by atoms with Gasteiger partial charge in [-0.15, -0.1) is 0 Å². The predicted molar refractivity (Wildman–Crippen MR) is 167 cm³/mol. The Morgan fingerprint density at radius 2 is 1.93 bits per heavy atom. The van der Waals surface area contributed by atoms with Crippen LogP contribution in [0, 0.1) is 29.2 Å². The summed E-state index contributed by atoms with van der Waals surface area (Å²) in [6, 6.07) is 6.83. The molecule has 2 amide bonds. The Morgan fingerprint density at radius 3 is 2.57 bits per heavy atom. The first-order valence-electron chi connectivity index (χ1n) is 15.3. The van der Waals surface area contributed by atoms with Crippen LogP contribution in [-0.2, 0) is 14.3 Å². The Kier molecular flexibility index (Phi) is 11.5. The van der Waals surface area contributed by atoms with Gasteiger partial charge in [-0.25, -0.2) is 14.4 Å². The molecular formula is C32H43FN7O4. The van der Waals surface area contributed by atoms with Gasteiger partial charge >= 0.3 is 6.02 Å². The van der Waals surface area contributed by atoms with Gasteiger partial charge in [0.1, 0.15) is 18.2 Å². The van der Waals surface area contributed by atoms with Crippen molar-refractivity contribution in [1.82, 2.24) is 14.7 Å². The molecule has 4 heterocycles. The van der Waals surface area contributed by atoms with E-state index in [2.05, 4.69) is 23.4 Å². The number of nitrogens with zero attached hydrogens (tertiary/aromatic N) is 7. The quantitative estimate of drug-likeness (QED) is 0.435. The second-order valence-corrected chi connectivity index (χ2v) is 11.4. The lowest BCUT2D eigenvalue weighted by Crippen LogP contribution is -2.51. The molecule has 1 aromatic carbocycles. The maximum atomic E-state index is 13.8. The molecule has 5 rings (SSSR count). The smallest absolute Gasteiger partial charge is 0.313 e. The van der Waals surface area contributed by atoms with Gasteiger partial charge in [0.2, 0.25) is 5.91 Å². The number of carbonyl (C=O) groups excluding carboxylic acids is 2. The maximum absolute atomic E-state index is 13.8. The Morgan fingerprint density at radius 1 is 1.20 bits per heavy atom. The number of hydrogen-bond donors (Lipinski definition) is 0. The van der Waals surface area contributed by atoms with Gasteiger partial charge in [-0.3, -0.25) is 14.5 Å². The topological polar surface area (TPSA) is 114 Å². The predicted octanol–water partition coefficient (Wildman–Crippen LogP) is 3.63. The summed E-state index contributed by atoms with van der Waals surface area (Å²) >= 11 is 0. The van der Waals surface area contributed by atoms with Crippen molar-refractivity contribution in [2.45, 2.75) is 58.1 Å². The monoisotopic (exact) mass is 608 g/mol. The largest absolute Gasteiger partial charge is 0.478 e. The second-order valence-electron chi connectivity index (χ2n) is 11.4. The highest BCUT2D eigenvalue weighted by atomic mass is 19.1. The van der Waals surface area contributed by atoms with E-state index in [4.69, 9.17) is 24.7 Å². The molecule has 11 nitrogen and oxygen atoms in total. The van der Waals surface area contributed by atoms with Crippen molar-refractivity contribution >= 4 is 29.2 Å². The van der Waals surface area contributed by atoms with E-state index < -0.39 is 11.9 Å². The van der Waals surface area contributed by atoms with Crippen LogP contribution < -0.4 is 9.64 Å². The minimum Gasteiger partial charge on any atom is -0.478 e. The molecule has 0 aromatic heterocycles. The summed E-state index contributed by atoms with van der Waals surface area (Å²) in [5, 5.41) is 7.62. The lowest BCUT2D eigenvalue weighted by atomic mass is 9.91. The highest BCUT2D eigenvalue weighted by Gasteiger charge is 2.39. The van der Waals surface area contributed by atoms with Crippen LogP contribution in [0.3, 0.4) is 0 Å². The number of carbonyl (C=O) groups is 2. The molecule has 237 valence electrons. The number of amides is 2. The number of rotatable bonds is 7. The third kappa shape index (κ3) is 7.81. The number of likely N-dealkylation sites (N-methyl/N-ethyl adjacent to an activating group) is 2. The van der Waals surface area contributed by atoms with E-state index in [1.807, 2.05) is 19.9 Å². The molecule has 2 fully saturated rings. The normalized spacial score (nSPS) is 24.3. The first kappa shape index (κ1) is 33.1. The number of aliphatic imine (C=N–C) groups is 2. The van der Waals surface area contributed by atoms with E-state index in [1.54, 1.807) is 18.0 Å². The van der Waals surface area contributed by atoms with Crippen LogP contribution in [0.25, 0.3) is 0 Å². The average Bonchev–Trinajstić information content (AvgIpc) is 3.45. The average molecular weight is 609 g/mol. The Hall–Kier alpha value is -3.82. The van der Waals surface area contributed by atoms with Crippen molar-refractivity contribution in [2.24, 2.45) is 15.9 Å². The van der Waals surface area contributed by atoms with Gasteiger partial charge in [0.05, 0.1) is 11.8 Å². The van der Waals surface area contributed by atoms with Crippen LogP contribution in [0.15, 0.2) is 40.8 Å². The summed E-state index contributed by atoms with van der Waals surface area (Å²) in [6.07, 6.45) is 5.38. The van der Waals surface area contributed by atoms with Crippen LogP contribution in [0.5, 0.6) is 5.75 Å². The summed E-state index contributed by atoms with van der Waals surface area (Å²) < 4.78 is 25.9. The summed E-state index contributed by atoms with van der Waals surface area (Å²) in [6.45, 7) is 11.4. The summed E-state index contributed by atoms with van der Waals surface area (Å²) in [7, 11) is 3.75. The summed E-state index contributed by atoms with van der Waals surface area (Å²) in [5.41, 5.74) is 1.29. The molecule has 4 aliphatic heterocycles. The van der Waals surface area contributed by atoms with E-state index in [0.717, 1.165) is 31.3 Å². The summed E-state index contributed by atoms with van der Waals surface area (Å²) in [5.74, 6) is -0.359. The third-order valence-corrected chi connectivity index (χ3v) is 8.50. The van der Waals surface area contributed by atoms with Crippen LogP contribution in [0.4, 0.5) is 10.1 Å². The molecule has 0 bridgehead atoms. The van der Waals surface area contributed by atoms with Gasteiger partial charge < -0.3 is 24.2 Å². The van der Waals surface area contributed by atoms with Gasteiger partial charge in [0, 0.05) is 63.4 Å². The zero-order valence-electron chi connectivity index (χ0n) is 26.2. The van der Waals surface area contributed by atoms with Crippen molar-refractivity contribution in [3.05, 3.63) is 42.8 Å². The zero-order valence-corrected chi connectivity index (χ0v) is 26.2. The Labute approximate surface area is 259 Å². The van der Waals surface area contributed by atoms with Crippen molar-refractivity contribution in [2.75, 3.05) is 58.3 Å². The number of fused-ring (bicyclic) bond motifs is 1. The number of amidine groups is 1. The van der Waals surface area contributed by atoms with Crippen LogP contribution in [-0.4, -0.2) is 104 Å². The number of nitriles is 1. The van der Waals surface area contributed by atoms with Gasteiger partial charge in [-0.05, 0) is 64.4 Å². The number of hydrogen-bond acceptors (Lipinski definition) is 9. The van der Waals surface area contributed by atoms with Crippen LogP contribution in [0.1, 0.15) is 46.0 Å². The molecule has 1 unspecified atom stereocenters. The molecule has 44 heavy (non-hydrogen) atoms. The third-order valence-electron chi connectivity index (χ3n) is 8.50. The van der Waals surface area contributed by atoms with Crippen molar-refractivity contribution < 1.29 is 23.5 Å². The van der Waals surface area contributed by atoms with Gasteiger partial charge in [-0.2, -0.15) is 5.26 Å². The second kappa shape index (κ2) is 15.3. The minimum atomic E-state index is -0.696. The minimum absolute atomic E-state index is 0.0759.